The molecular formula is C3H7MgO3PS. The Morgan fingerprint density at radius 3 is 2.33 bits per heavy atom. The van der Waals surface area contributed by atoms with Crippen molar-refractivity contribution in [2.45, 2.75) is 6.42 Å². The molecule has 0 aromatic carbocycles. The van der Waals surface area contributed by atoms with Crippen molar-refractivity contribution in [1.29, 1.82) is 0 Å². The molecule has 0 atom stereocenters. The van der Waals surface area contributed by atoms with Crippen LogP contribution in [0.2, 0.25) is 0 Å². The first-order chi connectivity index (χ1) is 3.77. The summed E-state index contributed by atoms with van der Waals surface area (Å²) in [7, 11) is -2.31. The Hall–Kier alpha value is 1.43. The second-order valence-electron chi connectivity index (χ2n) is 1.13. The van der Waals surface area contributed by atoms with E-state index in [0.717, 1.165) is 11.4 Å². The number of aliphatic hydroxyl groups excluding tert-OH is 1. The summed E-state index contributed by atoms with van der Waals surface area (Å²) in [5.74, 6) is 0.495. The molecule has 0 aromatic heterocycles. The van der Waals surface area contributed by atoms with Gasteiger partial charge < -0.3 is 14.9 Å². The van der Waals surface area contributed by atoms with Crippen LogP contribution >= 0.6 is 19.0 Å². The van der Waals surface area contributed by atoms with Gasteiger partial charge in [0.2, 0.25) is 0 Å². The molecule has 0 aliphatic carbocycles. The van der Waals surface area contributed by atoms with Gasteiger partial charge in [0.15, 0.2) is 0 Å². The van der Waals surface area contributed by atoms with Crippen LogP contribution in [0.15, 0.2) is 0 Å². The van der Waals surface area contributed by atoms with Crippen molar-refractivity contribution in [3.8, 4) is 0 Å². The maximum Gasteiger partial charge on any atom is 2.00 e. The molecule has 0 bridgehead atoms. The summed E-state index contributed by atoms with van der Waals surface area (Å²) in [5.41, 5.74) is 0. The van der Waals surface area contributed by atoms with Gasteiger partial charge in [-0.05, 0) is 12.2 Å². The molecule has 3 nitrogen and oxygen atoms in total. The first-order valence-corrected chi connectivity index (χ1v) is 4.92. The fourth-order valence-corrected chi connectivity index (χ4v) is 1.45. The van der Waals surface area contributed by atoms with Gasteiger partial charge in [-0.25, -0.2) is 7.58 Å². The van der Waals surface area contributed by atoms with Gasteiger partial charge in [0.25, 0.3) is 0 Å². The first-order valence-electron chi connectivity index (χ1n) is 2.15. The Balaban J connectivity index is 0. The van der Waals surface area contributed by atoms with Crippen LogP contribution in [0.3, 0.4) is 0 Å². The Morgan fingerprint density at radius 1 is 1.44 bits per heavy atom. The zero-order valence-electron chi connectivity index (χ0n) is 4.95. The van der Waals surface area contributed by atoms with E-state index in [2.05, 4.69) is 0 Å². The number of hydrogen-bond donors (Lipinski definition) is 1. The van der Waals surface area contributed by atoms with Gasteiger partial charge in [-0.2, -0.15) is 11.4 Å². The van der Waals surface area contributed by atoms with Crippen LogP contribution in [-0.2, 0) is 0 Å². The molecule has 50 valence electrons. The molecule has 0 spiro atoms. The van der Waals surface area contributed by atoms with Crippen LogP contribution in [0.1, 0.15) is 6.42 Å². The largest absolute Gasteiger partial charge is 2.00 e. The summed E-state index contributed by atoms with van der Waals surface area (Å²) in [6, 6.07) is 0. The van der Waals surface area contributed by atoms with Crippen molar-refractivity contribution in [2.75, 3.05) is 12.4 Å². The summed E-state index contributed by atoms with van der Waals surface area (Å²) < 4.78 is 0. The molecule has 9 heavy (non-hydrogen) atoms. The third-order valence-corrected chi connectivity index (χ3v) is 2.36. The SMILES string of the molecule is [Mg+2].[O-]P([O-])SCCCO. The summed E-state index contributed by atoms with van der Waals surface area (Å²) in [4.78, 5) is 19.6. The normalized spacial score (nSPS) is 9.33. The van der Waals surface area contributed by atoms with Crippen molar-refractivity contribution < 1.29 is 14.9 Å². The minimum absolute atomic E-state index is 0. The fraction of sp³-hybridized carbons (Fsp3) is 1.00. The Kier molecular flexibility index (Phi) is 13.7. The van der Waals surface area contributed by atoms with Crippen molar-refractivity contribution in [2.24, 2.45) is 0 Å². The fourth-order valence-electron chi connectivity index (χ4n) is 0.204. The van der Waals surface area contributed by atoms with Gasteiger partial charge in [-0.15, -0.1) is 0 Å². The van der Waals surface area contributed by atoms with E-state index >= 15 is 0 Å². The Morgan fingerprint density at radius 2 is 2.00 bits per heavy atom. The number of aliphatic hydroxyl groups is 1. The second-order valence-corrected chi connectivity index (χ2v) is 3.92. The van der Waals surface area contributed by atoms with Crippen molar-refractivity contribution in [1.82, 2.24) is 0 Å². The van der Waals surface area contributed by atoms with Crippen LogP contribution in [0, 0.1) is 0 Å². The molecule has 0 fully saturated rings. The van der Waals surface area contributed by atoms with E-state index in [-0.39, 0.29) is 29.7 Å². The van der Waals surface area contributed by atoms with Gasteiger partial charge in [-0.3, -0.25) is 0 Å². The van der Waals surface area contributed by atoms with Crippen LogP contribution in [0.4, 0.5) is 0 Å². The van der Waals surface area contributed by atoms with E-state index in [0.29, 0.717) is 12.2 Å². The average Bonchev–Trinajstić information content (AvgIpc) is 1.66. The van der Waals surface area contributed by atoms with E-state index in [4.69, 9.17) is 5.11 Å². The third-order valence-electron chi connectivity index (χ3n) is 0.499. The van der Waals surface area contributed by atoms with Crippen LogP contribution in [0.5, 0.6) is 0 Å². The smallest absolute Gasteiger partial charge is 0.834 e. The van der Waals surface area contributed by atoms with Gasteiger partial charge >= 0.3 is 23.1 Å². The van der Waals surface area contributed by atoms with E-state index in [9.17, 15) is 9.79 Å². The number of hydrogen-bond acceptors (Lipinski definition) is 4. The molecule has 0 aliphatic heterocycles. The van der Waals surface area contributed by atoms with Gasteiger partial charge in [-0.1, -0.05) is 0 Å². The van der Waals surface area contributed by atoms with Crippen molar-refractivity contribution in [3.63, 3.8) is 0 Å². The minimum Gasteiger partial charge on any atom is -0.834 e. The molecule has 0 saturated heterocycles. The predicted molar refractivity (Wildman–Crippen MR) is 36.8 cm³/mol. The Bertz CT molecular complexity index is 56.3. The molecular weight excluding hydrogens is 171 g/mol. The van der Waals surface area contributed by atoms with Crippen molar-refractivity contribution >= 4 is 42.0 Å². The maximum absolute atomic E-state index is 9.79. The quantitative estimate of drug-likeness (QED) is 0.329. The molecule has 0 aromatic rings. The molecule has 0 amide bonds. The molecule has 0 rings (SSSR count). The molecule has 0 aliphatic rings. The van der Waals surface area contributed by atoms with Crippen LogP contribution in [0.25, 0.3) is 0 Å². The maximum atomic E-state index is 9.79. The Labute approximate surface area is 75.7 Å². The zero-order valence-corrected chi connectivity index (χ0v) is 8.07. The van der Waals surface area contributed by atoms with Crippen molar-refractivity contribution in [3.05, 3.63) is 0 Å². The molecule has 6 heteroatoms. The third kappa shape index (κ3) is 12.6. The first kappa shape index (κ1) is 13.0. The van der Waals surface area contributed by atoms with Gasteiger partial charge in [0.1, 0.15) is 0 Å². The van der Waals surface area contributed by atoms with Gasteiger partial charge in [0.05, 0.1) is 0 Å². The predicted octanol–water partition coefficient (Wildman–Crippen LogP) is -1.33. The summed E-state index contributed by atoms with van der Waals surface area (Å²) in [5, 5.41) is 8.17. The summed E-state index contributed by atoms with van der Waals surface area (Å²) in [6.45, 7) is 0.0656. The summed E-state index contributed by atoms with van der Waals surface area (Å²) in [6.07, 6.45) is 0.550. The van der Waals surface area contributed by atoms with E-state index in [1.807, 2.05) is 0 Å². The van der Waals surface area contributed by atoms with E-state index in [1.54, 1.807) is 0 Å². The number of rotatable bonds is 4. The second kappa shape index (κ2) is 9.43. The van der Waals surface area contributed by atoms with Gasteiger partial charge in [0, 0.05) is 6.61 Å². The molecule has 0 unspecified atom stereocenters. The van der Waals surface area contributed by atoms with Crippen LogP contribution in [-0.4, -0.2) is 40.5 Å². The standard InChI is InChI=1S/C3H7O3PS.Mg/c4-2-1-3-8-7(5)6;/h4H,1-3H2;/q-2;+2. The monoisotopic (exact) mass is 178 g/mol. The van der Waals surface area contributed by atoms with Crippen LogP contribution < -0.4 is 9.79 Å². The minimum atomic E-state index is -2.31. The molecule has 0 heterocycles. The van der Waals surface area contributed by atoms with E-state index in [1.165, 1.54) is 0 Å². The molecule has 0 radical (unpaired) electrons. The summed E-state index contributed by atoms with van der Waals surface area (Å²) >= 11 is 0.850. The molecule has 0 saturated carbocycles. The van der Waals surface area contributed by atoms with E-state index < -0.39 is 7.58 Å². The average molecular weight is 178 g/mol. The molecule has 1 N–H and O–H groups in total. The zero-order chi connectivity index (χ0) is 6.41. The topological polar surface area (TPSA) is 66.3 Å².